The summed E-state index contributed by atoms with van der Waals surface area (Å²) >= 11 is 0. The van der Waals surface area contributed by atoms with Crippen LogP contribution in [0.4, 0.5) is 0 Å². The Labute approximate surface area is 106 Å². The molecule has 2 aliphatic rings. The van der Waals surface area contributed by atoms with Gasteiger partial charge in [-0.2, -0.15) is 5.10 Å². The van der Waals surface area contributed by atoms with Crippen molar-refractivity contribution in [2.75, 3.05) is 6.54 Å². The van der Waals surface area contributed by atoms with Gasteiger partial charge in [-0.3, -0.25) is 9.89 Å². The summed E-state index contributed by atoms with van der Waals surface area (Å²) in [6, 6.07) is 2.80. The van der Waals surface area contributed by atoms with Gasteiger partial charge >= 0.3 is 0 Å². The number of rotatable bonds is 4. The number of likely N-dealkylation sites (tertiary alicyclic amines) is 1. The fraction of sp³-hybridized carbons (Fsp3) is 0.636. The van der Waals surface area contributed by atoms with Crippen LogP contribution in [0.25, 0.3) is 0 Å². The van der Waals surface area contributed by atoms with Crippen molar-refractivity contribution in [3.05, 3.63) is 18.0 Å². The van der Waals surface area contributed by atoms with Gasteiger partial charge in [0.1, 0.15) is 0 Å². The molecular formula is C11H17ClN4O. The largest absolute Gasteiger partial charge is 0.338 e. The predicted molar refractivity (Wildman–Crippen MR) is 65.8 cm³/mol. The molecule has 1 aliphatic heterocycles. The molecule has 17 heavy (non-hydrogen) atoms. The van der Waals surface area contributed by atoms with Crippen LogP contribution in [0.15, 0.2) is 12.3 Å². The van der Waals surface area contributed by atoms with Gasteiger partial charge in [0, 0.05) is 43.5 Å². The van der Waals surface area contributed by atoms with E-state index in [1.807, 2.05) is 11.0 Å². The maximum atomic E-state index is 11.7. The van der Waals surface area contributed by atoms with Gasteiger partial charge in [0.05, 0.1) is 0 Å². The third-order valence-corrected chi connectivity index (χ3v) is 3.29. The minimum Gasteiger partial charge on any atom is -0.338 e. The number of hydrogen-bond acceptors (Lipinski definition) is 3. The van der Waals surface area contributed by atoms with E-state index in [4.69, 9.17) is 0 Å². The van der Waals surface area contributed by atoms with Crippen LogP contribution in [0, 0.1) is 0 Å². The molecule has 94 valence electrons. The molecule has 0 aromatic carbocycles. The lowest BCUT2D eigenvalue weighted by molar-refractivity contribution is -0.128. The molecule has 3 rings (SSSR count). The first-order chi connectivity index (χ1) is 7.83. The summed E-state index contributed by atoms with van der Waals surface area (Å²) in [7, 11) is 0. The highest BCUT2D eigenvalue weighted by molar-refractivity contribution is 5.85. The number of H-pyrrole nitrogens is 1. The average Bonchev–Trinajstić information content (AvgIpc) is 2.85. The summed E-state index contributed by atoms with van der Waals surface area (Å²) in [6.45, 7) is 1.63. The Morgan fingerprint density at radius 2 is 2.35 bits per heavy atom. The van der Waals surface area contributed by atoms with E-state index in [1.54, 1.807) is 6.20 Å². The molecule has 1 amide bonds. The maximum absolute atomic E-state index is 11.7. The molecule has 6 heteroatoms. The third-order valence-electron chi connectivity index (χ3n) is 3.29. The first-order valence-electron chi connectivity index (χ1n) is 5.84. The van der Waals surface area contributed by atoms with Gasteiger partial charge in [0.25, 0.3) is 0 Å². The number of halogens is 1. The van der Waals surface area contributed by atoms with Crippen LogP contribution in [0.2, 0.25) is 0 Å². The minimum absolute atomic E-state index is 0. The van der Waals surface area contributed by atoms with Gasteiger partial charge in [-0.05, 0) is 18.9 Å². The second-order valence-electron chi connectivity index (χ2n) is 4.64. The van der Waals surface area contributed by atoms with Crippen molar-refractivity contribution in [1.29, 1.82) is 0 Å². The fourth-order valence-corrected chi connectivity index (χ4v) is 2.24. The first kappa shape index (κ1) is 12.4. The summed E-state index contributed by atoms with van der Waals surface area (Å²) in [5.41, 5.74) is 1.07. The molecule has 1 aromatic rings. The molecule has 2 fully saturated rings. The Hall–Kier alpha value is -1.07. The monoisotopic (exact) mass is 256 g/mol. The predicted octanol–water partition coefficient (Wildman–Crippen LogP) is 0.684. The zero-order valence-corrected chi connectivity index (χ0v) is 10.4. The molecule has 0 spiro atoms. The van der Waals surface area contributed by atoms with Crippen molar-refractivity contribution >= 4 is 18.3 Å². The van der Waals surface area contributed by atoms with E-state index >= 15 is 0 Å². The van der Waals surface area contributed by atoms with E-state index in [9.17, 15) is 4.79 Å². The van der Waals surface area contributed by atoms with Crippen LogP contribution in [0.3, 0.4) is 0 Å². The van der Waals surface area contributed by atoms with Crippen LogP contribution in [-0.2, 0) is 11.3 Å². The van der Waals surface area contributed by atoms with Gasteiger partial charge in [-0.25, -0.2) is 0 Å². The van der Waals surface area contributed by atoms with Crippen LogP contribution < -0.4 is 5.32 Å². The van der Waals surface area contributed by atoms with Crippen LogP contribution in [-0.4, -0.2) is 39.6 Å². The summed E-state index contributed by atoms with van der Waals surface area (Å²) < 4.78 is 0. The lowest BCUT2D eigenvalue weighted by Gasteiger charge is -2.15. The Kier molecular flexibility index (Phi) is 3.69. The smallest absolute Gasteiger partial charge is 0.224 e. The number of hydrogen-bond donors (Lipinski definition) is 2. The third kappa shape index (κ3) is 2.79. The Morgan fingerprint density at radius 1 is 1.53 bits per heavy atom. The molecule has 2 N–H and O–H groups in total. The SMILES string of the molecule is Cl.O=C1CC(NCc2ccn[nH]2)CN1C1CC1. The summed E-state index contributed by atoms with van der Waals surface area (Å²) in [6.07, 6.45) is 4.77. The number of aromatic nitrogens is 2. The van der Waals surface area contributed by atoms with E-state index in [1.165, 1.54) is 12.8 Å². The van der Waals surface area contributed by atoms with Crippen molar-refractivity contribution in [3.8, 4) is 0 Å². The molecule has 0 radical (unpaired) electrons. The quantitative estimate of drug-likeness (QED) is 0.833. The second-order valence-corrected chi connectivity index (χ2v) is 4.64. The van der Waals surface area contributed by atoms with Gasteiger partial charge in [0.2, 0.25) is 5.91 Å². The second kappa shape index (κ2) is 5.06. The first-order valence-corrected chi connectivity index (χ1v) is 5.84. The number of carbonyl (C=O) groups is 1. The van der Waals surface area contributed by atoms with Gasteiger partial charge < -0.3 is 10.2 Å². The summed E-state index contributed by atoms with van der Waals surface area (Å²) in [5.74, 6) is 0.310. The number of aromatic amines is 1. The van der Waals surface area contributed by atoms with Crippen molar-refractivity contribution in [2.24, 2.45) is 0 Å². The number of carbonyl (C=O) groups excluding carboxylic acids is 1. The maximum Gasteiger partial charge on any atom is 0.224 e. The lowest BCUT2D eigenvalue weighted by atomic mass is 10.2. The van der Waals surface area contributed by atoms with Crippen LogP contribution in [0.5, 0.6) is 0 Å². The van der Waals surface area contributed by atoms with Crippen molar-refractivity contribution in [1.82, 2.24) is 20.4 Å². The molecule has 2 heterocycles. The van der Waals surface area contributed by atoms with Crippen LogP contribution >= 0.6 is 12.4 Å². The lowest BCUT2D eigenvalue weighted by Crippen LogP contribution is -2.33. The summed E-state index contributed by atoms with van der Waals surface area (Å²) in [4.78, 5) is 13.7. The van der Waals surface area contributed by atoms with Crippen molar-refractivity contribution < 1.29 is 4.79 Å². The molecule has 1 atom stereocenters. The highest BCUT2D eigenvalue weighted by atomic mass is 35.5. The summed E-state index contributed by atoms with van der Waals surface area (Å²) in [5, 5.41) is 10.2. The van der Waals surface area contributed by atoms with Crippen LogP contribution in [0.1, 0.15) is 25.0 Å². The van der Waals surface area contributed by atoms with Crippen molar-refractivity contribution in [2.45, 2.75) is 37.9 Å². The Morgan fingerprint density at radius 3 is 3.00 bits per heavy atom. The molecule has 0 bridgehead atoms. The van der Waals surface area contributed by atoms with Gasteiger partial charge in [-0.1, -0.05) is 0 Å². The Balaban J connectivity index is 0.00000108. The minimum atomic E-state index is 0. The average molecular weight is 257 g/mol. The van der Waals surface area contributed by atoms with Gasteiger partial charge in [-0.15, -0.1) is 12.4 Å². The van der Waals surface area contributed by atoms with Crippen molar-refractivity contribution in [3.63, 3.8) is 0 Å². The highest BCUT2D eigenvalue weighted by Gasteiger charge is 2.38. The topological polar surface area (TPSA) is 61.0 Å². The molecule has 1 aromatic heterocycles. The van der Waals surface area contributed by atoms with Gasteiger partial charge in [0.15, 0.2) is 0 Å². The standard InChI is InChI=1S/C11H16N4O.ClH/c16-11-5-9(7-15(11)10-1-2-10)12-6-8-3-4-13-14-8;/h3-4,9-10,12H,1-2,5-7H2,(H,13,14);1H. The molecule has 1 unspecified atom stereocenters. The molecule has 1 saturated carbocycles. The number of nitrogens with zero attached hydrogens (tertiary/aromatic N) is 2. The van der Waals surface area contributed by atoms with E-state index in [-0.39, 0.29) is 12.4 Å². The highest BCUT2D eigenvalue weighted by Crippen LogP contribution is 2.30. The number of nitrogens with one attached hydrogen (secondary N) is 2. The molecule has 1 saturated heterocycles. The Bertz CT molecular complexity index is 377. The molecule has 5 nitrogen and oxygen atoms in total. The zero-order chi connectivity index (χ0) is 11.0. The van der Waals surface area contributed by atoms with E-state index in [0.717, 1.165) is 18.8 Å². The fourth-order valence-electron chi connectivity index (χ4n) is 2.24. The molecule has 1 aliphatic carbocycles. The zero-order valence-electron chi connectivity index (χ0n) is 9.56. The van der Waals surface area contributed by atoms with E-state index in [2.05, 4.69) is 15.5 Å². The van der Waals surface area contributed by atoms with E-state index < -0.39 is 0 Å². The number of amides is 1. The van der Waals surface area contributed by atoms with E-state index in [0.29, 0.717) is 24.4 Å². The molecular weight excluding hydrogens is 240 g/mol. The normalized spacial score (nSPS) is 23.9.